The van der Waals surface area contributed by atoms with E-state index in [1.54, 1.807) is 0 Å². The van der Waals surface area contributed by atoms with E-state index in [4.69, 9.17) is 9.47 Å². The fraction of sp³-hybridized carbons (Fsp3) is 0.152. The average molecular weight is 489 g/mol. The molecule has 0 atom stereocenters. The number of rotatable bonds is 8. The van der Waals surface area contributed by atoms with Crippen LogP contribution in [0.15, 0.2) is 109 Å². The summed E-state index contributed by atoms with van der Waals surface area (Å²) >= 11 is 0. The van der Waals surface area contributed by atoms with E-state index in [1.165, 1.54) is 0 Å². The molecule has 0 spiro atoms. The third-order valence-corrected chi connectivity index (χ3v) is 5.72. The Labute approximate surface area is 218 Å². The Balaban J connectivity index is 1.32. The highest BCUT2D eigenvalue weighted by Gasteiger charge is 2.31. The number of aliphatic hydroxyl groups is 2. The van der Waals surface area contributed by atoms with E-state index in [1.807, 2.05) is 109 Å². The second kappa shape index (κ2) is 13.0. The zero-order valence-electron chi connectivity index (χ0n) is 20.4. The lowest BCUT2D eigenvalue weighted by molar-refractivity contribution is -0.0186. The van der Waals surface area contributed by atoms with E-state index in [2.05, 4.69) is 23.7 Å². The summed E-state index contributed by atoms with van der Waals surface area (Å²) in [4.78, 5) is 0. The average Bonchev–Trinajstić information content (AvgIpc) is 2.98. The molecule has 4 nitrogen and oxygen atoms in total. The standard InChI is InChI=1S/C33H28O4/c34-23-33(24-35,25-36-31-19-15-29(16-20-31)13-11-27-7-3-1-4-8-27)26-37-32-21-17-30(18-22-32)14-12-28-9-5-2-6-10-28/h1-10,15-22,34-35H,23-26H2. The minimum Gasteiger partial charge on any atom is -0.493 e. The second-order valence-corrected chi connectivity index (χ2v) is 8.67. The summed E-state index contributed by atoms with van der Waals surface area (Å²) in [6.07, 6.45) is 0. The molecule has 2 N–H and O–H groups in total. The molecule has 0 amide bonds. The van der Waals surface area contributed by atoms with Crippen LogP contribution >= 0.6 is 0 Å². The molecule has 0 saturated carbocycles. The molecule has 0 radical (unpaired) electrons. The highest BCUT2D eigenvalue weighted by molar-refractivity contribution is 5.45. The van der Waals surface area contributed by atoms with Gasteiger partial charge in [0.05, 0.1) is 18.6 Å². The fourth-order valence-corrected chi connectivity index (χ4v) is 3.35. The number of aliphatic hydroxyl groups excluding tert-OH is 2. The third kappa shape index (κ3) is 7.75. The fourth-order valence-electron chi connectivity index (χ4n) is 3.35. The van der Waals surface area contributed by atoms with Gasteiger partial charge < -0.3 is 19.7 Å². The predicted molar refractivity (Wildman–Crippen MR) is 145 cm³/mol. The van der Waals surface area contributed by atoms with Crippen LogP contribution in [0, 0.1) is 29.1 Å². The number of hydrogen-bond acceptors (Lipinski definition) is 4. The summed E-state index contributed by atoms with van der Waals surface area (Å²) in [5, 5.41) is 20.0. The van der Waals surface area contributed by atoms with Gasteiger partial charge in [0.2, 0.25) is 0 Å². The SMILES string of the molecule is OCC(CO)(COc1ccc(C#Cc2ccccc2)cc1)COc1ccc(C#Cc2ccccc2)cc1. The van der Waals surface area contributed by atoms with Crippen LogP contribution < -0.4 is 9.47 Å². The van der Waals surface area contributed by atoms with Gasteiger partial charge in [-0.2, -0.15) is 0 Å². The van der Waals surface area contributed by atoms with Gasteiger partial charge in [-0.1, -0.05) is 60.1 Å². The van der Waals surface area contributed by atoms with Gasteiger partial charge in [0.25, 0.3) is 0 Å². The maximum absolute atomic E-state index is 10.0. The largest absolute Gasteiger partial charge is 0.493 e. The first kappa shape index (κ1) is 25.6. The maximum atomic E-state index is 10.0. The molecule has 0 fully saturated rings. The predicted octanol–water partition coefficient (Wildman–Crippen LogP) is 4.92. The van der Waals surface area contributed by atoms with E-state index in [-0.39, 0.29) is 26.4 Å². The lowest BCUT2D eigenvalue weighted by Crippen LogP contribution is -2.41. The number of hydrogen-bond donors (Lipinski definition) is 2. The van der Waals surface area contributed by atoms with Crippen molar-refractivity contribution in [1.82, 2.24) is 0 Å². The van der Waals surface area contributed by atoms with E-state index in [0.29, 0.717) is 11.5 Å². The summed E-state index contributed by atoms with van der Waals surface area (Å²) in [6, 6.07) is 34.4. The van der Waals surface area contributed by atoms with Crippen LogP contribution in [-0.2, 0) is 0 Å². The molecule has 0 aromatic heterocycles. The molecule has 4 aromatic rings. The minimum absolute atomic E-state index is 0.0929. The Kier molecular flexibility index (Phi) is 9.00. The van der Waals surface area contributed by atoms with Crippen molar-refractivity contribution < 1.29 is 19.7 Å². The first-order chi connectivity index (χ1) is 18.2. The first-order valence-electron chi connectivity index (χ1n) is 12.0. The van der Waals surface area contributed by atoms with Crippen molar-refractivity contribution in [2.75, 3.05) is 26.4 Å². The Morgan fingerprint density at radius 3 is 1.11 bits per heavy atom. The van der Waals surface area contributed by atoms with Gasteiger partial charge >= 0.3 is 0 Å². The molecule has 184 valence electrons. The third-order valence-electron chi connectivity index (χ3n) is 5.72. The molecule has 37 heavy (non-hydrogen) atoms. The van der Waals surface area contributed by atoms with Gasteiger partial charge in [-0.25, -0.2) is 0 Å². The Hall–Kier alpha value is -4.48. The summed E-state index contributed by atoms with van der Waals surface area (Å²) < 4.78 is 11.8. The highest BCUT2D eigenvalue weighted by atomic mass is 16.5. The summed E-state index contributed by atoms with van der Waals surface area (Å²) in [5.74, 6) is 13.7. The van der Waals surface area contributed by atoms with Gasteiger partial charge in [-0.3, -0.25) is 0 Å². The van der Waals surface area contributed by atoms with Crippen molar-refractivity contribution in [3.8, 4) is 35.2 Å². The molecule has 0 aliphatic carbocycles. The van der Waals surface area contributed by atoms with Crippen LogP contribution in [0.4, 0.5) is 0 Å². The minimum atomic E-state index is -0.961. The molecule has 0 aliphatic heterocycles. The number of benzene rings is 4. The monoisotopic (exact) mass is 488 g/mol. The van der Waals surface area contributed by atoms with E-state index >= 15 is 0 Å². The van der Waals surface area contributed by atoms with E-state index < -0.39 is 5.41 Å². The van der Waals surface area contributed by atoms with Gasteiger partial charge in [-0.05, 0) is 72.8 Å². The van der Waals surface area contributed by atoms with Crippen LogP contribution in [0.2, 0.25) is 0 Å². The maximum Gasteiger partial charge on any atom is 0.119 e. The van der Waals surface area contributed by atoms with Gasteiger partial charge in [0, 0.05) is 22.3 Å². The Morgan fingerprint density at radius 2 is 0.784 bits per heavy atom. The summed E-state index contributed by atoms with van der Waals surface area (Å²) in [7, 11) is 0. The van der Waals surface area contributed by atoms with Crippen LogP contribution in [0.25, 0.3) is 0 Å². The zero-order chi connectivity index (χ0) is 25.8. The topological polar surface area (TPSA) is 58.9 Å². The summed E-state index contributed by atoms with van der Waals surface area (Å²) in [5.41, 5.74) is 2.68. The van der Waals surface area contributed by atoms with Gasteiger partial charge in [0.1, 0.15) is 24.7 Å². The van der Waals surface area contributed by atoms with Crippen molar-refractivity contribution in [2.45, 2.75) is 0 Å². The van der Waals surface area contributed by atoms with E-state index in [9.17, 15) is 10.2 Å². The van der Waals surface area contributed by atoms with Gasteiger partial charge in [-0.15, -0.1) is 0 Å². The zero-order valence-corrected chi connectivity index (χ0v) is 20.4. The van der Waals surface area contributed by atoms with E-state index in [0.717, 1.165) is 22.3 Å². The molecule has 4 rings (SSSR count). The van der Waals surface area contributed by atoms with Crippen molar-refractivity contribution in [1.29, 1.82) is 0 Å². The van der Waals surface area contributed by atoms with Crippen LogP contribution in [0.1, 0.15) is 22.3 Å². The normalized spacial score (nSPS) is 10.4. The molecule has 4 heteroatoms. The van der Waals surface area contributed by atoms with Crippen LogP contribution in [0.3, 0.4) is 0 Å². The van der Waals surface area contributed by atoms with Crippen molar-refractivity contribution >= 4 is 0 Å². The molecule has 0 saturated heterocycles. The first-order valence-corrected chi connectivity index (χ1v) is 12.0. The Morgan fingerprint density at radius 1 is 0.459 bits per heavy atom. The molecule has 0 bridgehead atoms. The smallest absolute Gasteiger partial charge is 0.119 e. The van der Waals surface area contributed by atoms with Crippen molar-refractivity contribution in [3.63, 3.8) is 0 Å². The molecule has 0 aliphatic rings. The molecular formula is C33H28O4. The quantitative estimate of drug-likeness (QED) is 0.346. The molecule has 4 aromatic carbocycles. The van der Waals surface area contributed by atoms with Crippen molar-refractivity contribution in [3.05, 3.63) is 131 Å². The van der Waals surface area contributed by atoms with Crippen molar-refractivity contribution in [2.24, 2.45) is 5.41 Å². The molecule has 0 unspecified atom stereocenters. The Bertz CT molecular complexity index is 1260. The summed E-state index contributed by atoms with van der Waals surface area (Å²) in [6.45, 7) is -0.388. The molecular weight excluding hydrogens is 460 g/mol. The number of ether oxygens (including phenoxy) is 2. The lowest BCUT2D eigenvalue weighted by Gasteiger charge is -2.29. The highest BCUT2D eigenvalue weighted by Crippen LogP contribution is 2.22. The van der Waals surface area contributed by atoms with Crippen LogP contribution in [-0.4, -0.2) is 36.6 Å². The lowest BCUT2D eigenvalue weighted by atomic mass is 9.92. The molecule has 0 heterocycles. The second-order valence-electron chi connectivity index (χ2n) is 8.67. The van der Waals surface area contributed by atoms with Gasteiger partial charge in [0.15, 0.2) is 0 Å². The van der Waals surface area contributed by atoms with Crippen LogP contribution in [0.5, 0.6) is 11.5 Å².